The number of hydrogen-bond acceptors (Lipinski definition) is 3. The molecule has 0 aliphatic carbocycles. The molecule has 0 spiro atoms. The normalized spacial score (nSPS) is 20.2. The summed E-state index contributed by atoms with van der Waals surface area (Å²) in [6.07, 6.45) is 1.48. The zero-order chi connectivity index (χ0) is 15.5. The SMILES string of the molecule is CCS(=O)(=O)N1CCC[C@@H](C(=O)N(C)c2ccccc2)C1. The molecule has 0 saturated carbocycles. The lowest BCUT2D eigenvalue weighted by atomic mass is 9.98. The van der Waals surface area contributed by atoms with Crippen LogP contribution in [-0.2, 0) is 14.8 Å². The Labute approximate surface area is 126 Å². The van der Waals surface area contributed by atoms with Gasteiger partial charge in [-0.25, -0.2) is 12.7 Å². The van der Waals surface area contributed by atoms with Crippen LogP contribution in [0.4, 0.5) is 5.69 Å². The number of rotatable bonds is 4. The minimum absolute atomic E-state index is 0.0165. The van der Waals surface area contributed by atoms with Crippen LogP contribution in [0, 0.1) is 5.92 Å². The molecular formula is C15H22N2O3S. The highest BCUT2D eigenvalue weighted by molar-refractivity contribution is 7.89. The topological polar surface area (TPSA) is 57.7 Å². The number of carbonyl (C=O) groups is 1. The minimum atomic E-state index is -3.22. The molecule has 1 fully saturated rings. The van der Waals surface area contributed by atoms with Crippen molar-refractivity contribution in [2.45, 2.75) is 19.8 Å². The number of benzene rings is 1. The summed E-state index contributed by atoms with van der Waals surface area (Å²) in [5.41, 5.74) is 0.831. The molecule has 1 atom stereocenters. The number of para-hydroxylation sites is 1. The van der Waals surface area contributed by atoms with Crippen LogP contribution in [-0.4, -0.2) is 44.5 Å². The molecule has 1 heterocycles. The van der Waals surface area contributed by atoms with Crippen LogP contribution in [0.2, 0.25) is 0 Å². The Kier molecular flexibility index (Phi) is 5.00. The molecule has 1 saturated heterocycles. The Morgan fingerprint density at radius 2 is 2.00 bits per heavy atom. The molecule has 1 aromatic rings. The van der Waals surface area contributed by atoms with E-state index in [1.807, 2.05) is 30.3 Å². The van der Waals surface area contributed by atoms with Crippen molar-refractivity contribution in [3.05, 3.63) is 30.3 Å². The second-order valence-corrected chi connectivity index (χ2v) is 7.59. The molecule has 0 bridgehead atoms. The maximum Gasteiger partial charge on any atom is 0.231 e. The van der Waals surface area contributed by atoms with Gasteiger partial charge in [0.25, 0.3) is 0 Å². The molecule has 116 valence electrons. The highest BCUT2D eigenvalue weighted by atomic mass is 32.2. The van der Waals surface area contributed by atoms with Crippen molar-refractivity contribution in [1.82, 2.24) is 4.31 Å². The van der Waals surface area contributed by atoms with E-state index < -0.39 is 10.0 Å². The van der Waals surface area contributed by atoms with Crippen LogP contribution in [0.5, 0.6) is 0 Å². The Bertz CT molecular complexity index is 586. The standard InChI is InChI=1S/C15H22N2O3S/c1-3-21(19,20)17-11-7-8-13(12-17)15(18)16(2)14-9-5-4-6-10-14/h4-6,9-10,13H,3,7-8,11-12H2,1-2H3/t13-/m1/s1. The van der Waals surface area contributed by atoms with Crippen molar-refractivity contribution >= 4 is 21.6 Å². The van der Waals surface area contributed by atoms with Gasteiger partial charge in [0.05, 0.1) is 11.7 Å². The quantitative estimate of drug-likeness (QED) is 0.850. The van der Waals surface area contributed by atoms with Crippen LogP contribution in [0.25, 0.3) is 0 Å². The molecule has 21 heavy (non-hydrogen) atoms. The smallest absolute Gasteiger partial charge is 0.231 e. The molecule has 1 aliphatic rings. The van der Waals surface area contributed by atoms with Crippen LogP contribution < -0.4 is 4.90 Å². The largest absolute Gasteiger partial charge is 0.315 e. The average Bonchev–Trinajstić information content (AvgIpc) is 2.54. The lowest BCUT2D eigenvalue weighted by molar-refractivity contribution is -0.123. The molecule has 0 aromatic heterocycles. The van der Waals surface area contributed by atoms with Gasteiger partial charge in [-0.15, -0.1) is 0 Å². The lowest BCUT2D eigenvalue weighted by Gasteiger charge is -2.33. The molecule has 1 aromatic carbocycles. The summed E-state index contributed by atoms with van der Waals surface area (Å²) in [6, 6.07) is 9.42. The van der Waals surface area contributed by atoms with E-state index in [-0.39, 0.29) is 17.6 Å². The second-order valence-electron chi connectivity index (χ2n) is 5.33. The van der Waals surface area contributed by atoms with Gasteiger partial charge in [0.1, 0.15) is 0 Å². The molecule has 6 heteroatoms. The number of amides is 1. The van der Waals surface area contributed by atoms with Gasteiger partial charge in [0, 0.05) is 25.8 Å². The summed E-state index contributed by atoms with van der Waals surface area (Å²) in [6.45, 7) is 2.46. The summed E-state index contributed by atoms with van der Waals surface area (Å²) in [5.74, 6) is -0.190. The van der Waals surface area contributed by atoms with Crippen LogP contribution in [0.3, 0.4) is 0 Å². The van der Waals surface area contributed by atoms with Gasteiger partial charge >= 0.3 is 0 Å². The van der Waals surface area contributed by atoms with Gasteiger partial charge in [-0.2, -0.15) is 0 Å². The number of hydrogen-bond donors (Lipinski definition) is 0. The first-order valence-corrected chi connectivity index (χ1v) is 8.87. The number of piperidine rings is 1. The first-order valence-electron chi connectivity index (χ1n) is 7.26. The summed E-state index contributed by atoms with van der Waals surface area (Å²) in [4.78, 5) is 14.2. The van der Waals surface area contributed by atoms with E-state index in [1.165, 1.54) is 4.31 Å². The fraction of sp³-hybridized carbons (Fsp3) is 0.533. The molecule has 0 unspecified atom stereocenters. The minimum Gasteiger partial charge on any atom is -0.315 e. The number of carbonyl (C=O) groups excluding carboxylic acids is 1. The third-order valence-electron chi connectivity index (χ3n) is 3.97. The zero-order valence-corrected chi connectivity index (χ0v) is 13.3. The van der Waals surface area contributed by atoms with E-state index in [9.17, 15) is 13.2 Å². The third-order valence-corrected chi connectivity index (χ3v) is 5.81. The van der Waals surface area contributed by atoms with Crippen LogP contribution in [0.1, 0.15) is 19.8 Å². The first-order chi connectivity index (χ1) is 9.95. The van der Waals surface area contributed by atoms with Gasteiger partial charge in [-0.1, -0.05) is 18.2 Å². The highest BCUT2D eigenvalue weighted by Crippen LogP contribution is 2.23. The van der Waals surface area contributed by atoms with Gasteiger partial charge < -0.3 is 4.90 Å². The van der Waals surface area contributed by atoms with Crippen molar-refractivity contribution in [3.63, 3.8) is 0 Å². The van der Waals surface area contributed by atoms with Crippen molar-refractivity contribution in [1.29, 1.82) is 0 Å². The van der Waals surface area contributed by atoms with E-state index in [2.05, 4.69) is 0 Å². The monoisotopic (exact) mass is 310 g/mol. The second kappa shape index (κ2) is 6.58. The van der Waals surface area contributed by atoms with Gasteiger partial charge in [0.2, 0.25) is 15.9 Å². The van der Waals surface area contributed by atoms with Crippen LogP contribution >= 0.6 is 0 Å². The molecular weight excluding hydrogens is 288 g/mol. The average molecular weight is 310 g/mol. The molecule has 1 aliphatic heterocycles. The van der Waals surface area contributed by atoms with Gasteiger partial charge in [-0.3, -0.25) is 4.79 Å². The Balaban J connectivity index is 2.09. The fourth-order valence-corrected chi connectivity index (χ4v) is 3.81. The lowest BCUT2D eigenvalue weighted by Crippen LogP contribution is -2.46. The van der Waals surface area contributed by atoms with Crippen molar-refractivity contribution < 1.29 is 13.2 Å². The maximum absolute atomic E-state index is 12.6. The third kappa shape index (κ3) is 3.63. The first kappa shape index (κ1) is 16.0. The van der Waals surface area contributed by atoms with Crippen LogP contribution in [0.15, 0.2) is 30.3 Å². The molecule has 5 nitrogen and oxygen atoms in total. The van der Waals surface area contributed by atoms with Gasteiger partial charge in [-0.05, 0) is 31.9 Å². The summed E-state index contributed by atoms with van der Waals surface area (Å²) in [7, 11) is -1.47. The van der Waals surface area contributed by atoms with E-state index in [1.54, 1.807) is 18.9 Å². The summed E-state index contributed by atoms with van der Waals surface area (Å²) in [5, 5.41) is 0. The molecule has 2 rings (SSSR count). The van der Waals surface area contributed by atoms with E-state index in [0.717, 1.165) is 18.5 Å². The van der Waals surface area contributed by atoms with E-state index in [0.29, 0.717) is 13.1 Å². The molecule has 0 radical (unpaired) electrons. The Morgan fingerprint density at radius 3 is 2.62 bits per heavy atom. The number of sulfonamides is 1. The summed E-state index contributed by atoms with van der Waals surface area (Å²) >= 11 is 0. The Morgan fingerprint density at radius 1 is 1.33 bits per heavy atom. The maximum atomic E-state index is 12.6. The van der Waals surface area contributed by atoms with Gasteiger partial charge in [0.15, 0.2) is 0 Å². The Hall–Kier alpha value is -1.40. The predicted molar refractivity (Wildman–Crippen MR) is 83.6 cm³/mol. The zero-order valence-electron chi connectivity index (χ0n) is 12.5. The predicted octanol–water partition coefficient (Wildman–Crippen LogP) is 1.71. The summed E-state index contributed by atoms with van der Waals surface area (Å²) < 4.78 is 25.4. The van der Waals surface area contributed by atoms with E-state index >= 15 is 0 Å². The number of anilines is 1. The van der Waals surface area contributed by atoms with Crippen molar-refractivity contribution in [2.24, 2.45) is 5.92 Å². The van der Waals surface area contributed by atoms with Crippen molar-refractivity contribution in [2.75, 3.05) is 30.8 Å². The number of nitrogens with zero attached hydrogens (tertiary/aromatic N) is 2. The molecule has 0 N–H and O–H groups in total. The van der Waals surface area contributed by atoms with E-state index in [4.69, 9.17) is 0 Å². The molecule has 1 amide bonds. The fourth-order valence-electron chi connectivity index (χ4n) is 2.63. The highest BCUT2D eigenvalue weighted by Gasteiger charge is 2.32. The van der Waals surface area contributed by atoms with Crippen molar-refractivity contribution in [3.8, 4) is 0 Å².